The van der Waals surface area contributed by atoms with Crippen molar-refractivity contribution in [2.45, 2.75) is 10.9 Å². The van der Waals surface area contributed by atoms with Gasteiger partial charge in [-0.25, -0.2) is 4.98 Å². The Balaban J connectivity index is 1.51. The van der Waals surface area contributed by atoms with Crippen LogP contribution in [0.5, 0.6) is 0 Å². The van der Waals surface area contributed by atoms with Crippen molar-refractivity contribution in [3.8, 4) is 11.5 Å². The Labute approximate surface area is 147 Å². The number of thioether (sulfide) groups is 1. The van der Waals surface area contributed by atoms with Crippen molar-refractivity contribution in [1.82, 2.24) is 19.7 Å². The second-order valence-corrected chi connectivity index (χ2v) is 6.62. The van der Waals surface area contributed by atoms with Gasteiger partial charge in [-0.1, -0.05) is 35.5 Å². The summed E-state index contributed by atoms with van der Waals surface area (Å²) >= 11 is 7.46. The number of halogens is 1. The van der Waals surface area contributed by atoms with E-state index in [1.807, 2.05) is 37.4 Å². The van der Waals surface area contributed by atoms with Gasteiger partial charge in [0.1, 0.15) is 0 Å². The van der Waals surface area contributed by atoms with Crippen LogP contribution >= 0.6 is 23.4 Å². The third kappa shape index (κ3) is 2.90. The molecule has 4 rings (SSSR count). The minimum atomic E-state index is 0.493. The number of benzene rings is 2. The molecule has 7 heteroatoms. The minimum Gasteiger partial charge on any atom is -0.420 e. The second kappa shape index (κ2) is 6.30. The van der Waals surface area contributed by atoms with Gasteiger partial charge in [-0.3, -0.25) is 0 Å². The monoisotopic (exact) mass is 356 g/mol. The van der Waals surface area contributed by atoms with E-state index >= 15 is 0 Å². The normalized spacial score (nSPS) is 11.2. The van der Waals surface area contributed by atoms with E-state index in [1.54, 1.807) is 23.9 Å². The molecule has 0 saturated heterocycles. The van der Waals surface area contributed by atoms with Crippen molar-refractivity contribution in [3.63, 3.8) is 0 Å². The molecule has 0 N–H and O–H groups in total. The van der Waals surface area contributed by atoms with E-state index in [2.05, 4.69) is 25.8 Å². The highest BCUT2D eigenvalue weighted by Crippen LogP contribution is 2.27. The maximum absolute atomic E-state index is 5.89. The molecule has 0 fully saturated rings. The van der Waals surface area contributed by atoms with Crippen molar-refractivity contribution in [2.75, 3.05) is 0 Å². The Morgan fingerprint density at radius 1 is 1.08 bits per heavy atom. The van der Waals surface area contributed by atoms with Gasteiger partial charge in [-0.15, -0.1) is 10.2 Å². The molecule has 0 bridgehead atoms. The molecule has 2 heterocycles. The van der Waals surface area contributed by atoms with Gasteiger partial charge in [0.15, 0.2) is 5.16 Å². The molecular formula is C17H13ClN4OS. The third-order valence-electron chi connectivity index (χ3n) is 3.63. The summed E-state index contributed by atoms with van der Waals surface area (Å²) < 4.78 is 7.79. The summed E-state index contributed by atoms with van der Waals surface area (Å²) in [6.45, 7) is 0. The molecule has 120 valence electrons. The molecule has 0 aliphatic carbocycles. The minimum absolute atomic E-state index is 0.493. The zero-order valence-electron chi connectivity index (χ0n) is 12.8. The van der Waals surface area contributed by atoms with Crippen molar-refractivity contribution >= 4 is 34.4 Å². The van der Waals surface area contributed by atoms with E-state index in [1.165, 1.54) is 0 Å². The van der Waals surface area contributed by atoms with E-state index < -0.39 is 0 Å². The zero-order valence-corrected chi connectivity index (χ0v) is 14.4. The number of nitrogens with zero attached hydrogens (tertiary/aromatic N) is 4. The molecule has 0 aliphatic rings. The molecular weight excluding hydrogens is 344 g/mol. The summed E-state index contributed by atoms with van der Waals surface area (Å²) in [7, 11) is 2.00. The van der Waals surface area contributed by atoms with Crippen LogP contribution in [0.1, 0.15) is 5.89 Å². The predicted molar refractivity (Wildman–Crippen MR) is 95.0 cm³/mol. The lowest BCUT2D eigenvalue weighted by Gasteiger charge is -1.99. The molecule has 4 aromatic rings. The molecule has 2 aromatic heterocycles. The lowest BCUT2D eigenvalue weighted by Crippen LogP contribution is -1.91. The Morgan fingerprint density at radius 2 is 1.88 bits per heavy atom. The van der Waals surface area contributed by atoms with Crippen LogP contribution in [0.25, 0.3) is 22.5 Å². The molecule has 24 heavy (non-hydrogen) atoms. The number of para-hydroxylation sites is 2. The summed E-state index contributed by atoms with van der Waals surface area (Å²) in [5.41, 5.74) is 2.94. The lowest BCUT2D eigenvalue weighted by atomic mass is 10.2. The molecule has 0 saturated carbocycles. The van der Waals surface area contributed by atoms with Crippen molar-refractivity contribution in [1.29, 1.82) is 0 Å². The molecule has 2 aromatic carbocycles. The maximum Gasteiger partial charge on any atom is 0.247 e. The van der Waals surface area contributed by atoms with Crippen LogP contribution in [0, 0.1) is 0 Å². The summed E-state index contributed by atoms with van der Waals surface area (Å²) in [6.07, 6.45) is 0. The summed E-state index contributed by atoms with van der Waals surface area (Å²) in [4.78, 5) is 4.62. The number of rotatable bonds is 4. The molecule has 0 atom stereocenters. The number of hydrogen-bond donors (Lipinski definition) is 0. The highest BCUT2D eigenvalue weighted by molar-refractivity contribution is 7.98. The fourth-order valence-corrected chi connectivity index (χ4v) is 3.35. The smallest absolute Gasteiger partial charge is 0.247 e. The van der Waals surface area contributed by atoms with Crippen LogP contribution in [0.3, 0.4) is 0 Å². The average molecular weight is 357 g/mol. The second-order valence-electron chi connectivity index (χ2n) is 5.24. The van der Waals surface area contributed by atoms with Gasteiger partial charge in [0, 0.05) is 17.6 Å². The Kier molecular flexibility index (Phi) is 4.00. The zero-order chi connectivity index (χ0) is 16.5. The van der Waals surface area contributed by atoms with Gasteiger partial charge in [-0.05, 0) is 36.4 Å². The predicted octanol–water partition coefficient (Wildman–Crippen LogP) is 4.57. The van der Waals surface area contributed by atoms with Crippen LogP contribution in [0.15, 0.2) is 58.1 Å². The standard InChI is InChI=1S/C17H13ClN4OS/c1-22-14-5-3-2-4-13(14)19-17(22)24-10-15-20-21-16(23-15)11-6-8-12(18)9-7-11/h2-9H,10H2,1H3. The number of hydrogen-bond acceptors (Lipinski definition) is 5. The topological polar surface area (TPSA) is 56.7 Å². The van der Waals surface area contributed by atoms with Crippen molar-refractivity contribution in [2.24, 2.45) is 7.05 Å². The molecule has 0 amide bonds. The van der Waals surface area contributed by atoms with Crippen LogP contribution in [0.2, 0.25) is 5.02 Å². The molecule has 0 radical (unpaired) electrons. The highest BCUT2D eigenvalue weighted by atomic mass is 35.5. The third-order valence-corrected chi connectivity index (χ3v) is 4.90. The Hall–Kier alpha value is -2.31. The van der Waals surface area contributed by atoms with Gasteiger partial charge in [0.2, 0.25) is 11.8 Å². The van der Waals surface area contributed by atoms with E-state index in [-0.39, 0.29) is 0 Å². The summed E-state index contributed by atoms with van der Waals surface area (Å²) in [5, 5.41) is 9.80. The van der Waals surface area contributed by atoms with Gasteiger partial charge in [0.05, 0.1) is 16.8 Å². The van der Waals surface area contributed by atoms with E-state index in [4.69, 9.17) is 16.0 Å². The van der Waals surface area contributed by atoms with Gasteiger partial charge in [-0.2, -0.15) is 0 Å². The molecule has 0 spiro atoms. The van der Waals surface area contributed by atoms with Crippen molar-refractivity contribution < 1.29 is 4.42 Å². The fraction of sp³-hybridized carbons (Fsp3) is 0.118. The number of aryl methyl sites for hydroxylation is 1. The van der Waals surface area contributed by atoms with E-state index in [0.29, 0.717) is 22.6 Å². The Bertz CT molecular complexity index is 993. The van der Waals surface area contributed by atoms with Gasteiger partial charge in [0.25, 0.3) is 0 Å². The fourth-order valence-electron chi connectivity index (χ4n) is 2.40. The van der Waals surface area contributed by atoms with Crippen LogP contribution in [0.4, 0.5) is 0 Å². The average Bonchev–Trinajstić information content (AvgIpc) is 3.19. The van der Waals surface area contributed by atoms with Crippen LogP contribution in [-0.4, -0.2) is 19.7 Å². The SMILES string of the molecule is Cn1c(SCc2nnc(-c3ccc(Cl)cc3)o2)nc2ccccc21. The van der Waals surface area contributed by atoms with Crippen LogP contribution in [-0.2, 0) is 12.8 Å². The summed E-state index contributed by atoms with van der Waals surface area (Å²) in [5.74, 6) is 1.63. The Morgan fingerprint density at radius 3 is 2.67 bits per heavy atom. The molecule has 0 aliphatic heterocycles. The van der Waals surface area contributed by atoms with Crippen molar-refractivity contribution in [3.05, 3.63) is 59.4 Å². The van der Waals surface area contributed by atoms with Gasteiger partial charge >= 0.3 is 0 Å². The quantitative estimate of drug-likeness (QED) is 0.501. The van der Waals surface area contributed by atoms with E-state index in [9.17, 15) is 0 Å². The lowest BCUT2D eigenvalue weighted by molar-refractivity contribution is 0.528. The molecule has 0 unspecified atom stereocenters. The first kappa shape index (κ1) is 15.2. The first-order valence-corrected chi connectivity index (χ1v) is 8.69. The van der Waals surface area contributed by atoms with Gasteiger partial charge < -0.3 is 8.98 Å². The number of fused-ring (bicyclic) bond motifs is 1. The van der Waals surface area contributed by atoms with Crippen LogP contribution < -0.4 is 0 Å². The summed E-state index contributed by atoms with van der Waals surface area (Å²) in [6, 6.07) is 15.4. The van der Waals surface area contributed by atoms with E-state index in [0.717, 1.165) is 21.8 Å². The largest absolute Gasteiger partial charge is 0.420 e. The number of imidazole rings is 1. The maximum atomic E-state index is 5.89. The highest BCUT2D eigenvalue weighted by Gasteiger charge is 2.12. The first-order valence-electron chi connectivity index (χ1n) is 7.33. The first-order chi connectivity index (χ1) is 11.7. The molecule has 5 nitrogen and oxygen atoms in total. The number of aromatic nitrogens is 4.